The zero-order valence-corrected chi connectivity index (χ0v) is 22.4. The maximum absolute atomic E-state index is 13.5. The van der Waals surface area contributed by atoms with Crippen LogP contribution >= 0.6 is 11.6 Å². The van der Waals surface area contributed by atoms with Crippen LogP contribution in [0.2, 0.25) is 0 Å². The largest absolute Gasteiger partial charge is 0.352 e. The molecule has 0 bridgehead atoms. The zero-order chi connectivity index (χ0) is 26.9. The predicted molar refractivity (Wildman–Crippen MR) is 150 cm³/mol. The quantitative estimate of drug-likeness (QED) is 0.413. The molecule has 3 aliphatic rings. The van der Waals surface area contributed by atoms with E-state index in [9.17, 15) is 14.4 Å². The molecule has 0 unspecified atom stereocenters. The monoisotopic (exact) mass is 541 g/mol. The smallest absolute Gasteiger partial charge is 0.253 e. The van der Waals surface area contributed by atoms with Gasteiger partial charge in [-0.1, -0.05) is 72.8 Å². The maximum Gasteiger partial charge on any atom is 0.253 e. The molecule has 3 aromatic carbocycles. The van der Waals surface area contributed by atoms with Gasteiger partial charge in [-0.05, 0) is 41.7 Å². The van der Waals surface area contributed by atoms with Crippen molar-refractivity contribution in [2.75, 3.05) is 13.1 Å². The summed E-state index contributed by atoms with van der Waals surface area (Å²) in [6.45, 7) is 0.436. The SMILES string of the molecule is O=C(N[C@H]1C[C@@H]1c1ccccc1)[C@@H]1CN(C(=O)c2ccc(CCl)cc2)C[C@H]1C(=O)N[C@H]1C[C@@H]1c1ccccc1. The van der Waals surface area contributed by atoms with Crippen LogP contribution in [0.5, 0.6) is 0 Å². The molecule has 1 saturated heterocycles. The molecule has 6 atom stereocenters. The minimum absolute atomic E-state index is 0.0577. The number of amides is 3. The van der Waals surface area contributed by atoms with Crippen molar-refractivity contribution in [3.63, 3.8) is 0 Å². The van der Waals surface area contributed by atoms with Crippen LogP contribution in [0.15, 0.2) is 84.9 Å². The van der Waals surface area contributed by atoms with E-state index in [1.165, 1.54) is 11.1 Å². The fourth-order valence-electron chi connectivity index (χ4n) is 5.85. The van der Waals surface area contributed by atoms with Crippen LogP contribution in [0.25, 0.3) is 0 Å². The second kappa shape index (κ2) is 10.9. The standard InChI is InChI=1S/C32H32ClN3O3/c33-17-20-11-13-23(14-12-20)32(39)36-18-26(30(37)34-28-15-24(28)21-7-3-1-4-8-21)27(19-36)31(38)35-29-16-25(29)22-9-5-2-6-10-22/h1-14,24-29H,15-19H2,(H,34,37)(H,35,38)/t24-,25-,26-,27-,28+,29+/m1/s1. The highest BCUT2D eigenvalue weighted by atomic mass is 35.5. The molecule has 0 radical (unpaired) electrons. The second-order valence-corrected chi connectivity index (χ2v) is 11.3. The van der Waals surface area contributed by atoms with Crippen LogP contribution in [0.1, 0.15) is 51.7 Å². The van der Waals surface area contributed by atoms with Gasteiger partial charge in [-0.25, -0.2) is 0 Å². The van der Waals surface area contributed by atoms with E-state index < -0.39 is 11.8 Å². The van der Waals surface area contributed by atoms with Crippen molar-refractivity contribution in [1.82, 2.24) is 15.5 Å². The summed E-state index contributed by atoms with van der Waals surface area (Å²) in [7, 11) is 0. The van der Waals surface area contributed by atoms with E-state index >= 15 is 0 Å². The number of carbonyl (C=O) groups excluding carboxylic acids is 3. The maximum atomic E-state index is 13.5. The molecule has 2 N–H and O–H groups in total. The number of nitrogens with zero attached hydrogens (tertiary/aromatic N) is 1. The molecule has 3 fully saturated rings. The van der Waals surface area contributed by atoms with E-state index in [-0.39, 0.29) is 42.9 Å². The Balaban J connectivity index is 1.15. The van der Waals surface area contributed by atoms with Gasteiger partial charge in [0.05, 0.1) is 11.8 Å². The van der Waals surface area contributed by atoms with Gasteiger partial charge in [0.1, 0.15) is 0 Å². The molecule has 6 rings (SSSR count). The van der Waals surface area contributed by atoms with Crippen molar-refractivity contribution < 1.29 is 14.4 Å². The fourth-order valence-corrected chi connectivity index (χ4v) is 6.02. The van der Waals surface area contributed by atoms with Gasteiger partial charge in [-0.15, -0.1) is 11.6 Å². The molecular weight excluding hydrogens is 510 g/mol. The number of rotatable bonds is 8. The first kappa shape index (κ1) is 25.6. The molecule has 6 nitrogen and oxygen atoms in total. The third-order valence-corrected chi connectivity index (χ3v) is 8.64. The lowest BCUT2D eigenvalue weighted by atomic mass is 9.94. The Morgan fingerprint density at radius 2 is 1.15 bits per heavy atom. The van der Waals surface area contributed by atoms with Crippen molar-refractivity contribution in [3.05, 3.63) is 107 Å². The Bertz CT molecular complexity index is 1270. The summed E-state index contributed by atoms with van der Waals surface area (Å²) in [5.74, 6) is -0.710. The van der Waals surface area contributed by atoms with Gasteiger partial charge in [-0.3, -0.25) is 14.4 Å². The second-order valence-electron chi connectivity index (χ2n) is 11.0. The molecule has 3 amide bonds. The number of hydrogen-bond acceptors (Lipinski definition) is 3. The Kier molecular flexibility index (Phi) is 7.13. The minimum Gasteiger partial charge on any atom is -0.352 e. The van der Waals surface area contributed by atoms with Gasteiger partial charge in [0, 0.05) is 48.5 Å². The van der Waals surface area contributed by atoms with Crippen LogP contribution in [0.3, 0.4) is 0 Å². The summed E-state index contributed by atoms with van der Waals surface area (Å²) in [4.78, 5) is 42.0. The third-order valence-electron chi connectivity index (χ3n) is 8.33. The number of halogens is 1. The Labute approximate surface area is 233 Å². The van der Waals surface area contributed by atoms with E-state index in [1.807, 2.05) is 48.5 Å². The summed E-state index contributed by atoms with van der Waals surface area (Å²) < 4.78 is 0. The summed E-state index contributed by atoms with van der Waals surface area (Å²) in [6, 6.07) is 27.6. The lowest BCUT2D eigenvalue weighted by Gasteiger charge is -2.18. The van der Waals surface area contributed by atoms with Crippen LogP contribution < -0.4 is 10.6 Å². The highest BCUT2D eigenvalue weighted by Gasteiger charge is 2.48. The predicted octanol–water partition coefficient (Wildman–Crippen LogP) is 4.46. The molecule has 0 spiro atoms. The molecule has 7 heteroatoms. The Morgan fingerprint density at radius 1 is 0.692 bits per heavy atom. The van der Waals surface area contributed by atoms with E-state index in [1.54, 1.807) is 17.0 Å². The normalized spacial score (nSPS) is 27.1. The highest BCUT2D eigenvalue weighted by molar-refractivity contribution is 6.17. The Hall–Kier alpha value is -3.64. The average molecular weight is 542 g/mol. The first-order valence-corrected chi connectivity index (χ1v) is 14.2. The summed E-state index contributed by atoms with van der Waals surface area (Å²) >= 11 is 5.90. The number of likely N-dealkylation sites (tertiary alicyclic amines) is 1. The first-order valence-electron chi connectivity index (χ1n) is 13.7. The number of hydrogen-bond donors (Lipinski definition) is 2. The molecule has 2 aliphatic carbocycles. The van der Waals surface area contributed by atoms with E-state index in [4.69, 9.17) is 11.6 Å². The van der Waals surface area contributed by atoms with Crippen molar-refractivity contribution >= 4 is 29.3 Å². The van der Waals surface area contributed by atoms with Crippen molar-refractivity contribution in [2.45, 2.75) is 42.6 Å². The van der Waals surface area contributed by atoms with Crippen molar-refractivity contribution in [2.24, 2.45) is 11.8 Å². The first-order chi connectivity index (χ1) is 19.0. The topological polar surface area (TPSA) is 78.5 Å². The molecule has 39 heavy (non-hydrogen) atoms. The lowest BCUT2D eigenvalue weighted by molar-refractivity contribution is -0.133. The molecule has 3 aromatic rings. The fraction of sp³-hybridized carbons (Fsp3) is 0.344. The summed E-state index contributed by atoms with van der Waals surface area (Å²) in [5.41, 5.74) is 3.88. The molecule has 0 aromatic heterocycles. The molecular formula is C32H32ClN3O3. The number of benzene rings is 3. The Morgan fingerprint density at radius 3 is 1.59 bits per heavy atom. The van der Waals surface area contributed by atoms with Gasteiger partial charge < -0.3 is 15.5 Å². The van der Waals surface area contributed by atoms with Crippen molar-refractivity contribution in [1.29, 1.82) is 0 Å². The lowest BCUT2D eigenvalue weighted by Crippen LogP contribution is -2.43. The van der Waals surface area contributed by atoms with Crippen LogP contribution in [-0.2, 0) is 15.5 Å². The number of carbonyl (C=O) groups is 3. The van der Waals surface area contributed by atoms with E-state index in [2.05, 4.69) is 34.9 Å². The van der Waals surface area contributed by atoms with Gasteiger partial charge in [0.2, 0.25) is 11.8 Å². The van der Waals surface area contributed by atoms with Crippen LogP contribution in [0, 0.1) is 11.8 Å². The third kappa shape index (κ3) is 5.57. The molecule has 1 heterocycles. The molecule has 2 saturated carbocycles. The van der Waals surface area contributed by atoms with Gasteiger partial charge in [-0.2, -0.15) is 0 Å². The van der Waals surface area contributed by atoms with Gasteiger partial charge >= 0.3 is 0 Å². The zero-order valence-electron chi connectivity index (χ0n) is 21.6. The van der Waals surface area contributed by atoms with Gasteiger partial charge in [0.25, 0.3) is 5.91 Å². The van der Waals surface area contributed by atoms with Crippen LogP contribution in [-0.4, -0.2) is 47.8 Å². The van der Waals surface area contributed by atoms with E-state index in [0.717, 1.165) is 18.4 Å². The average Bonchev–Trinajstić information content (AvgIpc) is 3.88. The summed E-state index contributed by atoms with van der Waals surface area (Å²) in [5, 5.41) is 6.35. The van der Waals surface area contributed by atoms with E-state index in [0.29, 0.717) is 23.3 Å². The number of nitrogens with one attached hydrogen (secondary N) is 2. The van der Waals surface area contributed by atoms with Crippen molar-refractivity contribution in [3.8, 4) is 0 Å². The number of alkyl halides is 1. The molecule has 1 aliphatic heterocycles. The van der Waals surface area contributed by atoms with Crippen LogP contribution in [0.4, 0.5) is 0 Å². The summed E-state index contributed by atoms with van der Waals surface area (Å²) in [6.07, 6.45) is 1.77. The molecule has 200 valence electrons. The van der Waals surface area contributed by atoms with Gasteiger partial charge in [0.15, 0.2) is 0 Å². The highest BCUT2D eigenvalue weighted by Crippen LogP contribution is 2.42. The minimum atomic E-state index is -0.595.